The number of likely N-dealkylation sites (N-methyl/N-ethyl adjacent to an activating group) is 1. The fraction of sp³-hybridized carbons (Fsp3) is 0.176. The Morgan fingerprint density at radius 2 is 1.80 bits per heavy atom. The van der Waals surface area contributed by atoms with Gasteiger partial charge >= 0.3 is 11.9 Å². The van der Waals surface area contributed by atoms with Crippen LogP contribution in [0, 0.1) is 11.3 Å². The number of hydrogen-bond donors (Lipinski definition) is 2. The zero-order valence-electron chi connectivity index (χ0n) is 26.6. The van der Waals surface area contributed by atoms with Gasteiger partial charge in [0.05, 0.1) is 46.3 Å². The third kappa shape index (κ3) is 8.87. The molecular weight excluding hydrogens is 656 g/mol. The van der Waals surface area contributed by atoms with Gasteiger partial charge in [-0.15, -0.1) is 0 Å². The highest BCUT2D eigenvalue weighted by Crippen LogP contribution is 2.38. The van der Waals surface area contributed by atoms with E-state index in [9.17, 15) is 19.6 Å². The molecule has 0 unspecified atom stereocenters. The Kier molecular flexibility index (Phi) is 11.8. The Hall–Kier alpha value is -6.01. The van der Waals surface area contributed by atoms with Crippen molar-refractivity contribution in [2.75, 3.05) is 37.9 Å². The third-order valence-electron chi connectivity index (χ3n) is 6.64. The number of pyridine rings is 2. The highest BCUT2D eigenvalue weighted by molar-refractivity contribution is 6.32. The topological polar surface area (TPSA) is 196 Å². The number of ether oxygens (including phenoxy) is 4. The lowest BCUT2D eigenvalue weighted by Gasteiger charge is -2.19. The molecule has 0 spiro atoms. The Morgan fingerprint density at radius 3 is 2.47 bits per heavy atom. The molecule has 14 nitrogen and oxygen atoms in total. The first kappa shape index (κ1) is 35.8. The quantitative estimate of drug-likeness (QED) is 0.211. The number of aromatic nitrogens is 2. The van der Waals surface area contributed by atoms with Gasteiger partial charge in [0.2, 0.25) is 5.76 Å². The molecule has 0 saturated carbocycles. The summed E-state index contributed by atoms with van der Waals surface area (Å²) in [5.74, 6) is -2.63. The number of nitriles is 1. The summed E-state index contributed by atoms with van der Waals surface area (Å²) in [5, 5.41) is 16.7. The number of fused-ring (bicyclic) bond motifs is 1. The number of amides is 1. The molecule has 15 heteroatoms. The van der Waals surface area contributed by atoms with E-state index < -0.39 is 23.6 Å². The average Bonchev–Trinajstić information content (AvgIpc) is 3.06. The van der Waals surface area contributed by atoms with Gasteiger partial charge in [0, 0.05) is 41.7 Å². The van der Waals surface area contributed by atoms with Gasteiger partial charge in [-0.1, -0.05) is 17.7 Å². The fourth-order valence-corrected chi connectivity index (χ4v) is 4.79. The molecule has 2 aromatic carbocycles. The van der Waals surface area contributed by atoms with Crippen LogP contribution in [0.25, 0.3) is 10.9 Å². The zero-order valence-corrected chi connectivity index (χ0v) is 27.3. The molecule has 1 aliphatic rings. The van der Waals surface area contributed by atoms with Crippen LogP contribution in [0.4, 0.5) is 17.1 Å². The number of halogens is 1. The van der Waals surface area contributed by atoms with Gasteiger partial charge in [-0.2, -0.15) is 5.26 Å². The van der Waals surface area contributed by atoms with E-state index in [1.54, 1.807) is 62.4 Å². The standard InChI is InChI=1S/C34H29ClN6O7.H2O/c1-4-45-28-15-25-23(14-26(28)40-34(44)33-29(18-41(2)3)47-30(42)10-11-31(43)48-33)32(20(16-36)17-38-25)39-21-8-9-27(24(35)13-21)46-19-22-7-5-6-12-37-22;/h5-15,17H,4,18-19H2,1-3H3,(H,38,39)(H,40,44);1H2/b11-10-,33-29+;. The molecule has 2 aromatic heterocycles. The van der Waals surface area contributed by atoms with Crippen molar-refractivity contribution in [3.05, 3.63) is 101 Å². The predicted molar refractivity (Wildman–Crippen MR) is 180 cm³/mol. The number of nitrogens with one attached hydrogen (secondary N) is 2. The first-order valence-electron chi connectivity index (χ1n) is 14.5. The minimum absolute atomic E-state index is 0. The number of rotatable bonds is 11. The third-order valence-corrected chi connectivity index (χ3v) is 6.94. The molecule has 0 fully saturated rings. The van der Waals surface area contributed by atoms with Crippen molar-refractivity contribution < 1.29 is 38.8 Å². The largest absolute Gasteiger partial charge is 0.492 e. The van der Waals surface area contributed by atoms with E-state index >= 15 is 0 Å². The highest BCUT2D eigenvalue weighted by atomic mass is 35.5. The maximum Gasteiger partial charge on any atom is 0.336 e. The average molecular weight is 687 g/mol. The molecule has 0 aliphatic carbocycles. The van der Waals surface area contributed by atoms with Crippen molar-refractivity contribution in [2.24, 2.45) is 0 Å². The van der Waals surface area contributed by atoms with Gasteiger partial charge < -0.3 is 40.0 Å². The normalized spacial score (nSPS) is 14.8. The van der Waals surface area contributed by atoms with Gasteiger partial charge in [-0.25, -0.2) is 9.59 Å². The number of benzene rings is 2. The summed E-state index contributed by atoms with van der Waals surface area (Å²) in [6, 6.07) is 15.9. The molecule has 1 amide bonds. The minimum atomic E-state index is -0.933. The monoisotopic (exact) mass is 686 g/mol. The summed E-state index contributed by atoms with van der Waals surface area (Å²) in [7, 11) is 3.38. The molecule has 252 valence electrons. The fourth-order valence-electron chi connectivity index (χ4n) is 4.56. The van der Waals surface area contributed by atoms with E-state index in [4.69, 9.17) is 30.5 Å². The second-order valence-corrected chi connectivity index (χ2v) is 10.9. The predicted octanol–water partition coefficient (Wildman–Crippen LogP) is 4.42. The Morgan fingerprint density at radius 1 is 1.02 bits per heavy atom. The molecular formula is C34H31ClN6O8. The van der Waals surface area contributed by atoms with E-state index in [-0.39, 0.29) is 48.0 Å². The van der Waals surface area contributed by atoms with E-state index in [2.05, 4.69) is 26.7 Å². The lowest BCUT2D eigenvalue weighted by Crippen LogP contribution is -2.27. The SMILES string of the molecule is CCOc1cc2ncc(C#N)c(Nc3ccc(OCc4ccccn4)c(Cl)c3)c2cc1NC(=O)/C1=C(/CN(C)C)OC(=O)/C=C\C(=O)O1.O. The van der Waals surface area contributed by atoms with Gasteiger partial charge in [-0.3, -0.25) is 14.8 Å². The van der Waals surface area contributed by atoms with Gasteiger partial charge in [0.1, 0.15) is 24.2 Å². The van der Waals surface area contributed by atoms with Crippen molar-refractivity contribution in [3.63, 3.8) is 0 Å². The van der Waals surface area contributed by atoms with Crippen LogP contribution in [-0.2, 0) is 30.5 Å². The molecule has 1 aliphatic heterocycles. The van der Waals surface area contributed by atoms with E-state index in [0.717, 1.165) is 17.8 Å². The molecule has 3 heterocycles. The number of cyclic esters (lactones) is 2. The number of hydrogen-bond acceptors (Lipinski definition) is 12. The summed E-state index contributed by atoms with van der Waals surface area (Å²) in [5.41, 5.74) is 2.49. The molecule has 0 saturated heterocycles. The van der Waals surface area contributed by atoms with Crippen molar-refractivity contribution in [2.45, 2.75) is 13.5 Å². The number of esters is 2. The smallest absolute Gasteiger partial charge is 0.336 e. The number of nitrogens with zero attached hydrogens (tertiary/aromatic N) is 4. The van der Waals surface area contributed by atoms with Crippen molar-refractivity contribution >= 4 is 57.4 Å². The Bertz CT molecular complexity index is 1990. The Labute approximate surface area is 285 Å². The molecule has 5 rings (SSSR count). The number of anilines is 3. The summed E-state index contributed by atoms with van der Waals surface area (Å²) in [4.78, 5) is 48.4. The molecule has 0 atom stereocenters. The van der Waals surface area contributed by atoms with Crippen LogP contribution in [0.3, 0.4) is 0 Å². The van der Waals surface area contributed by atoms with Crippen molar-refractivity contribution in [1.29, 1.82) is 5.26 Å². The first-order valence-corrected chi connectivity index (χ1v) is 14.9. The second kappa shape index (κ2) is 16.2. The van der Waals surface area contributed by atoms with Crippen LogP contribution < -0.4 is 20.1 Å². The number of carbonyl (C=O) groups is 3. The van der Waals surface area contributed by atoms with Gasteiger partial charge in [0.15, 0.2) is 5.76 Å². The molecule has 4 aromatic rings. The van der Waals surface area contributed by atoms with Gasteiger partial charge in [0.25, 0.3) is 5.91 Å². The highest BCUT2D eigenvalue weighted by Gasteiger charge is 2.27. The van der Waals surface area contributed by atoms with E-state index in [1.807, 2.05) is 18.2 Å². The molecule has 49 heavy (non-hydrogen) atoms. The molecule has 0 bridgehead atoms. The van der Waals surface area contributed by atoms with E-state index in [0.29, 0.717) is 33.0 Å². The van der Waals surface area contributed by atoms with Crippen LogP contribution in [-0.4, -0.2) is 65.4 Å². The lowest BCUT2D eigenvalue weighted by atomic mass is 10.1. The zero-order chi connectivity index (χ0) is 34.2. The summed E-state index contributed by atoms with van der Waals surface area (Å²) >= 11 is 6.54. The van der Waals surface area contributed by atoms with Crippen molar-refractivity contribution in [1.82, 2.24) is 14.9 Å². The molecule has 4 N–H and O–H groups in total. The van der Waals surface area contributed by atoms with Crippen molar-refractivity contribution in [3.8, 4) is 17.6 Å². The maximum absolute atomic E-state index is 13.6. The Balaban J connectivity index is 0.00000541. The first-order chi connectivity index (χ1) is 23.1. The second-order valence-electron chi connectivity index (χ2n) is 10.5. The van der Waals surface area contributed by atoms with Crippen LogP contribution in [0.1, 0.15) is 18.2 Å². The van der Waals surface area contributed by atoms with Crippen LogP contribution in [0.15, 0.2) is 84.6 Å². The van der Waals surface area contributed by atoms with Crippen LogP contribution >= 0.6 is 11.6 Å². The lowest BCUT2D eigenvalue weighted by molar-refractivity contribution is -0.142. The van der Waals surface area contributed by atoms with E-state index in [1.165, 1.54) is 6.20 Å². The summed E-state index contributed by atoms with van der Waals surface area (Å²) in [6.07, 6.45) is 4.86. The maximum atomic E-state index is 13.6. The molecule has 0 radical (unpaired) electrons. The van der Waals surface area contributed by atoms with Crippen LogP contribution in [0.5, 0.6) is 11.5 Å². The summed E-state index contributed by atoms with van der Waals surface area (Å²) in [6.45, 7) is 2.21. The van der Waals surface area contributed by atoms with Crippen LogP contribution in [0.2, 0.25) is 5.02 Å². The number of carbonyl (C=O) groups excluding carboxylic acids is 3. The van der Waals surface area contributed by atoms with Gasteiger partial charge in [-0.05, 0) is 57.4 Å². The summed E-state index contributed by atoms with van der Waals surface area (Å²) < 4.78 is 22.2. The minimum Gasteiger partial charge on any atom is -0.492 e.